The smallest absolute Gasteiger partial charge is 0.453 e. The number of methoxy groups -OCH3 is 1. The van der Waals surface area contributed by atoms with E-state index in [-0.39, 0.29) is 47.8 Å². The van der Waals surface area contributed by atoms with E-state index in [2.05, 4.69) is 5.16 Å². The van der Waals surface area contributed by atoms with E-state index in [0.29, 0.717) is 5.76 Å². The summed E-state index contributed by atoms with van der Waals surface area (Å²) in [5.74, 6) is -3.79. The third-order valence-electron chi connectivity index (χ3n) is 5.22. The molecule has 2 aromatic carbocycles. The Morgan fingerprint density at radius 1 is 1.03 bits per heavy atom. The van der Waals surface area contributed by atoms with Gasteiger partial charge in [0.25, 0.3) is 11.6 Å². The zero-order valence-corrected chi connectivity index (χ0v) is 20.5. The number of rotatable bonds is 9. The van der Waals surface area contributed by atoms with E-state index < -0.39 is 40.6 Å². The molecule has 0 atom stereocenters. The Morgan fingerprint density at radius 3 is 2.38 bits per heavy atom. The minimum absolute atomic E-state index is 0.129. The van der Waals surface area contributed by atoms with Crippen molar-refractivity contribution in [2.24, 2.45) is 0 Å². The van der Waals surface area contributed by atoms with Crippen LogP contribution in [0.5, 0.6) is 23.1 Å². The normalized spacial score (nSPS) is 11.3. The van der Waals surface area contributed by atoms with Crippen molar-refractivity contribution >= 4 is 22.9 Å². The summed E-state index contributed by atoms with van der Waals surface area (Å²) < 4.78 is 71.7. The van der Waals surface area contributed by atoms with Gasteiger partial charge in [0.15, 0.2) is 0 Å². The molecule has 0 saturated carbocycles. The first-order chi connectivity index (χ1) is 18.6. The Hall–Kier alpha value is -4.81. The van der Waals surface area contributed by atoms with Crippen LogP contribution in [0.4, 0.5) is 13.2 Å². The van der Waals surface area contributed by atoms with E-state index in [4.69, 9.17) is 27.9 Å². The summed E-state index contributed by atoms with van der Waals surface area (Å²) in [5.41, 5.74) is -1.42. The van der Waals surface area contributed by atoms with Gasteiger partial charge in [-0.25, -0.2) is 4.79 Å². The van der Waals surface area contributed by atoms with Crippen LogP contribution in [0.3, 0.4) is 0 Å². The third kappa shape index (κ3) is 6.37. The molecule has 2 heterocycles. The van der Waals surface area contributed by atoms with Crippen LogP contribution in [0.15, 0.2) is 62.3 Å². The van der Waals surface area contributed by atoms with Crippen LogP contribution in [0.25, 0.3) is 11.0 Å². The van der Waals surface area contributed by atoms with Gasteiger partial charge in [0.2, 0.25) is 11.2 Å². The molecule has 0 spiro atoms. The highest BCUT2D eigenvalue weighted by Gasteiger charge is 2.40. The third-order valence-corrected chi connectivity index (χ3v) is 5.22. The number of aryl methyl sites for hydroxylation is 1. The number of nitrogens with zero attached hydrogens (tertiary/aromatic N) is 1. The van der Waals surface area contributed by atoms with Crippen molar-refractivity contribution in [2.45, 2.75) is 25.9 Å². The summed E-state index contributed by atoms with van der Waals surface area (Å²) in [6.45, 7) is 1.77. The van der Waals surface area contributed by atoms with Gasteiger partial charge in [-0.3, -0.25) is 9.59 Å². The van der Waals surface area contributed by atoms with Crippen LogP contribution in [0.1, 0.15) is 35.2 Å². The maximum absolute atomic E-state index is 13.8. The molecule has 0 aliphatic rings. The fraction of sp³-hybridized carbons (Fsp3) is 0.231. The minimum Gasteiger partial charge on any atom is -0.479 e. The molecule has 0 N–H and O–H groups in total. The molecule has 0 bridgehead atoms. The number of carbonyl (C=O) groups is 2. The molecule has 13 heteroatoms. The second-order valence-corrected chi connectivity index (χ2v) is 7.90. The predicted molar refractivity (Wildman–Crippen MR) is 127 cm³/mol. The van der Waals surface area contributed by atoms with Crippen molar-refractivity contribution in [3.63, 3.8) is 0 Å². The number of esters is 2. The van der Waals surface area contributed by atoms with Crippen molar-refractivity contribution in [1.82, 2.24) is 5.16 Å². The van der Waals surface area contributed by atoms with Gasteiger partial charge in [-0.2, -0.15) is 13.2 Å². The number of fused-ring (bicyclic) bond motifs is 1. The molecular formula is C26H20F3NO9. The lowest BCUT2D eigenvalue weighted by Gasteiger charge is -2.14. The molecular weight excluding hydrogens is 527 g/mol. The lowest BCUT2D eigenvalue weighted by molar-refractivity contribution is -0.154. The highest BCUT2D eigenvalue weighted by Crippen LogP contribution is 2.38. The Morgan fingerprint density at radius 2 is 1.74 bits per heavy atom. The number of hydrogen-bond acceptors (Lipinski definition) is 10. The average Bonchev–Trinajstić information content (AvgIpc) is 3.37. The predicted octanol–water partition coefficient (Wildman–Crippen LogP) is 5.32. The molecule has 39 heavy (non-hydrogen) atoms. The average molecular weight is 547 g/mol. The highest BCUT2D eigenvalue weighted by atomic mass is 19.4. The number of hydrogen-bond donors (Lipinski definition) is 0. The van der Waals surface area contributed by atoms with Crippen molar-refractivity contribution < 1.29 is 50.6 Å². The van der Waals surface area contributed by atoms with E-state index in [9.17, 15) is 27.6 Å². The molecule has 204 valence electrons. The van der Waals surface area contributed by atoms with Crippen LogP contribution < -0.4 is 19.6 Å². The lowest BCUT2D eigenvalue weighted by atomic mass is 10.2. The lowest BCUT2D eigenvalue weighted by Crippen LogP contribution is -2.16. The summed E-state index contributed by atoms with van der Waals surface area (Å²) >= 11 is 0. The fourth-order valence-electron chi connectivity index (χ4n) is 3.41. The number of carbonyl (C=O) groups excluding carboxylic acids is 2. The number of ether oxygens (including phenoxy) is 4. The van der Waals surface area contributed by atoms with Gasteiger partial charge in [0.05, 0.1) is 31.1 Å². The van der Waals surface area contributed by atoms with Crippen LogP contribution >= 0.6 is 0 Å². The fourth-order valence-corrected chi connectivity index (χ4v) is 3.41. The molecule has 0 radical (unpaired) electrons. The maximum Gasteiger partial charge on any atom is 0.453 e. The van der Waals surface area contributed by atoms with Crippen LogP contribution in [-0.2, 0) is 22.1 Å². The molecule has 2 aromatic heterocycles. The molecule has 0 aliphatic carbocycles. The monoisotopic (exact) mass is 547 g/mol. The first kappa shape index (κ1) is 27.2. The molecule has 0 saturated heterocycles. The van der Waals surface area contributed by atoms with E-state index in [1.54, 1.807) is 6.92 Å². The maximum atomic E-state index is 13.8. The highest BCUT2D eigenvalue weighted by molar-refractivity contribution is 5.89. The Bertz CT molecular complexity index is 1560. The Labute approximate surface area is 217 Å². The quantitative estimate of drug-likeness (QED) is 0.201. The van der Waals surface area contributed by atoms with E-state index >= 15 is 0 Å². The van der Waals surface area contributed by atoms with Gasteiger partial charge >= 0.3 is 18.1 Å². The first-order valence-corrected chi connectivity index (χ1v) is 11.4. The summed E-state index contributed by atoms with van der Waals surface area (Å²) in [6, 6.07) is 9.87. The summed E-state index contributed by atoms with van der Waals surface area (Å²) in [6.07, 6.45) is -5.09. The zero-order chi connectivity index (χ0) is 28.2. The second-order valence-electron chi connectivity index (χ2n) is 7.90. The van der Waals surface area contributed by atoms with E-state index in [0.717, 1.165) is 12.1 Å². The standard InChI is InChI=1S/C26H20F3NO9/c1-3-35-25(33)14-4-6-15(7-5-14)37-23-22(32)18-10-8-16(12-19(18)38-24(23)26(27,28)29)36-21(31)11-9-17-13-20(34-2)30-39-17/h4-8,10,12-13H,3,9,11H2,1-2H3. The first-order valence-electron chi connectivity index (χ1n) is 11.4. The van der Waals surface area contributed by atoms with E-state index in [1.165, 1.54) is 43.5 Å². The van der Waals surface area contributed by atoms with E-state index in [1.807, 2.05) is 0 Å². The van der Waals surface area contributed by atoms with Crippen LogP contribution in [0.2, 0.25) is 0 Å². The molecule has 4 aromatic rings. The minimum atomic E-state index is -5.10. The molecule has 10 nitrogen and oxygen atoms in total. The summed E-state index contributed by atoms with van der Waals surface area (Å²) in [5, 5.41) is 3.36. The molecule has 0 amide bonds. The SMILES string of the molecule is CCOC(=O)c1ccc(Oc2c(C(F)(F)F)oc3cc(OC(=O)CCc4cc(OC)no4)ccc3c2=O)cc1. The molecule has 0 fully saturated rings. The van der Waals surface area contributed by atoms with Gasteiger partial charge in [0.1, 0.15) is 22.8 Å². The zero-order valence-electron chi connectivity index (χ0n) is 20.5. The number of halogens is 3. The Kier molecular flexibility index (Phi) is 7.88. The van der Waals surface area contributed by atoms with Gasteiger partial charge in [-0.15, -0.1) is 0 Å². The molecule has 0 unspecified atom stereocenters. The van der Waals surface area contributed by atoms with Crippen molar-refractivity contribution in [2.75, 3.05) is 13.7 Å². The van der Waals surface area contributed by atoms with Gasteiger partial charge < -0.3 is 27.9 Å². The Balaban J connectivity index is 1.57. The van der Waals surface area contributed by atoms with Crippen molar-refractivity contribution in [3.8, 4) is 23.1 Å². The summed E-state index contributed by atoms with van der Waals surface area (Å²) in [7, 11) is 1.40. The number of aromatic nitrogens is 1. The van der Waals surface area contributed by atoms with Crippen molar-refractivity contribution in [3.05, 3.63) is 75.8 Å². The van der Waals surface area contributed by atoms with Crippen LogP contribution in [0, 0.1) is 0 Å². The number of alkyl halides is 3. The largest absolute Gasteiger partial charge is 0.479 e. The van der Waals surface area contributed by atoms with Gasteiger partial charge in [0, 0.05) is 18.6 Å². The second kappa shape index (κ2) is 11.3. The molecule has 0 aliphatic heterocycles. The topological polar surface area (TPSA) is 127 Å². The number of benzene rings is 2. The van der Waals surface area contributed by atoms with Gasteiger partial charge in [-0.1, -0.05) is 0 Å². The molecule has 4 rings (SSSR count). The van der Waals surface area contributed by atoms with Crippen molar-refractivity contribution in [1.29, 1.82) is 0 Å². The van der Waals surface area contributed by atoms with Crippen LogP contribution in [-0.4, -0.2) is 30.8 Å². The van der Waals surface area contributed by atoms with Gasteiger partial charge in [-0.05, 0) is 48.5 Å². The summed E-state index contributed by atoms with van der Waals surface area (Å²) in [4.78, 5) is 37.0.